The minimum Gasteiger partial charge on any atom is -0.393 e. The third-order valence-electron chi connectivity index (χ3n) is 2.77. The first-order chi connectivity index (χ1) is 8.69. The van der Waals surface area contributed by atoms with Gasteiger partial charge in [0.2, 0.25) is 0 Å². The number of benzene rings is 1. The zero-order valence-electron chi connectivity index (χ0n) is 11.1. The maximum Gasteiger partial charge on any atom is 0.253 e. The molecule has 0 aliphatic rings. The van der Waals surface area contributed by atoms with Crippen LogP contribution in [0.25, 0.3) is 0 Å². The van der Waals surface area contributed by atoms with E-state index in [-0.39, 0.29) is 12.0 Å². The van der Waals surface area contributed by atoms with Crippen LogP contribution in [0.2, 0.25) is 0 Å². The number of hydrogen-bond donors (Lipinski definition) is 3. The first-order valence-electron chi connectivity index (χ1n) is 6.48. The van der Waals surface area contributed by atoms with Crippen LogP contribution >= 0.6 is 0 Å². The fourth-order valence-electron chi connectivity index (χ4n) is 1.68. The van der Waals surface area contributed by atoms with Gasteiger partial charge in [-0.25, -0.2) is 0 Å². The van der Waals surface area contributed by atoms with Gasteiger partial charge < -0.3 is 15.7 Å². The highest BCUT2D eigenvalue weighted by Gasteiger charge is 2.10. The van der Waals surface area contributed by atoms with E-state index in [2.05, 4.69) is 10.6 Å². The van der Waals surface area contributed by atoms with Crippen molar-refractivity contribution in [1.29, 1.82) is 0 Å². The summed E-state index contributed by atoms with van der Waals surface area (Å²) in [5, 5.41) is 15.4. The number of aliphatic hydroxyl groups is 1. The van der Waals surface area contributed by atoms with E-state index in [0.717, 1.165) is 12.2 Å². The Morgan fingerprint density at radius 1 is 1.33 bits per heavy atom. The lowest BCUT2D eigenvalue weighted by atomic mass is 10.1. The third kappa shape index (κ3) is 4.37. The predicted octanol–water partition coefficient (Wildman–Crippen LogP) is 2.01. The summed E-state index contributed by atoms with van der Waals surface area (Å²) in [5.74, 6) is -0.102. The Bertz CT molecular complexity index is 380. The Kier molecular flexibility index (Phi) is 6.22. The molecule has 1 amide bonds. The molecule has 0 saturated carbocycles. The van der Waals surface area contributed by atoms with Crippen LogP contribution in [0.15, 0.2) is 24.3 Å². The zero-order chi connectivity index (χ0) is 13.4. The van der Waals surface area contributed by atoms with Gasteiger partial charge in [0.1, 0.15) is 0 Å². The molecule has 4 nitrogen and oxygen atoms in total. The zero-order valence-corrected chi connectivity index (χ0v) is 11.1. The van der Waals surface area contributed by atoms with E-state index in [1.165, 1.54) is 0 Å². The molecule has 0 aromatic heterocycles. The Balaban J connectivity index is 2.55. The molecule has 0 fully saturated rings. The lowest BCUT2D eigenvalue weighted by molar-refractivity contribution is 0.0943. The number of aliphatic hydroxyl groups excluding tert-OH is 1. The average molecular weight is 250 g/mol. The highest BCUT2D eigenvalue weighted by atomic mass is 16.3. The van der Waals surface area contributed by atoms with E-state index in [9.17, 15) is 9.90 Å². The summed E-state index contributed by atoms with van der Waals surface area (Å²) in [6.07, 6.45) is 0.962. The van der Waals surface area contributed by atoms with Crippen molar-refractivity contribution in [3.8, 4) is 0 Å². The molecule has 0 aliphatic carbocycles. The molecule has 0 saturated heterocycles. The van der Waals surface area contributed by atoms with Gasteiger partial charge in [-0.1, -0.05) is 19.1 Å². The second-order valence-electron chi connectivity index (χ2n) is 4.18. The number of anilines is 1. The van der Waals surface area contributed by atoms with Gasteiger partial charge >= 0.3 is 0 Å². The van der Waals surface area contributed by atoms with Crippen molar-refractivity contribution in [2.75, 3.05) is 18.4 Å². The number of rotatable bonds is 7. The van der Waals surface area contributed by atoms with Gasteiger partial charge in [0.25, 0.3) is 5.91 Å². The van der Waals surface area contributed by atoms with Crippen LogP contribution in [-0.2, 0) is 0 Å². The van der Waals surface area contributed by atoms with E-state index < -0.39 is 0 Å². The summed E-state index contributed by atoms with van der Waals surface area (Å²) in [7, 11) is 0. The minimum atomic E-state index is -0.339. The summed E-state index contributed by atoms with van der Waals surface area (Å²) in [6.45, 7) is 5.19. The fourth-order valence-corrected chi connectivity index (χ4v) is 1.68. The maximum absolute atomic E-state index is 12.0. The number of nitrogens with one attached hydrogen (secondary N) is 2. The van der Waals surface area contributed by atoms with Crippen LogP contribution in [0.1, 0.15) is 37.0 Å². The lowest BCUT2D eigenvalue weighted by Crippen LogP contribution is -2.27. The Morgan fingerprint density at radius 3 is 2.72 bits per heavy atom. The van der Waals surface area contributed by atoms with Gasteiger partial charge in [0, 0.05) is 18.8 Å². The molecule has 1 unspecified atom stereocenters. The van der Waals surface area contributed by atoms with E-state index >= 15 is 0 Å². The van der Waals surface area contributed by atoms with Crippen LogP contribution in [-0.4, -0.2) is 30.2 Å². The first-order valence-corrected chi connectivity index (χ1v) is 6.48. The number of para-hydroxylation sites is 1. The Hall–Kier alpha value is -1.55. The Morgan fingerprint density at radius 2 is 2.06 bits per heavy atom. The van der Waals surface area contributed by atoms with E-state index in [1.807, 2.05) is 32.0 Å². The molecular formula is C14H22N2O2. The van der Waals surface area contributed by atoms with Gasteiger partial charge in [0.15, 0.2) is 0 Å². The summed E-state index contributed by atoms with van der Waals surface area (Å²) in [4.78, 5) is 12.0. The summed E-state index contributed by atoms with van der Waals surface area (Å²) in [5.41, 5.74) is 1.49. The van der Waals surface area contributed by atoms with Crippen molar-refractivity contribution in [3.63, 3.8) is 0 Å². The average Bonchev–Trinajstić information content (AvgIpc) is 2.39. The molecule has 1 rings (SSSR count). The van der Waals surface area contributed by atoms with Gasteiger partial charge in [-0.2, -0.15) is 0 Å². The number of carbonyl (C=O) groups excluding carboxylic acids is 1. The highest BCUT2D eigenvalue weighted by molar-refractivity contribution is 5.99. The second kappa shape index (κ2) is 7.71. The van der Waals surface area contributed by atoms with Crippen LogP contribution in [0.4, 0.5) is 5.69 Å². The highest BCUT2D eigenvalue weighted by Crippen LogP contribution is 2.14. The molecule has 0 spiro atoms. The van der Waals surface area contributed by atoms with Crippen molar-refractivity contribution < 1.29 is 9.90 Å². The molecule has 100 valence electrons. The predicted molar refractivity (Wildman–Crippen MR) is 73.9 cm³/mol. The van der Waals surface area contributed by atoms with E-state index in [1.54, 1.807) is 6.07 Å². The van der Waals surface area contributed by atoms with Crippen LogP contribution in [0, 0.1) is 0 Å². The number of carbonyl (C=O) groups is 1. The topological polar surface area (TPSA) is 61.4 Å². The molecule has 0 bridgehead atoms. The molecule has 1 atom stereocenters. The van der Waals surface area contributed by atoms with Crippen molar-refractivity contribution in [2.45, 2.75) is 32.8 Å². The smallest absolute Gasteiger partial charge is 0.253 e. The third-order valence-corrected chi connectivity index (χ3v) is 2.77. The van der Waals surface area contributed by atoms with Crippen LogP contribution < -0.4 is 10.6 Å². The van der Waals surface area contributed by atoms with Crippen molar-refractivity contribution in [3.05, 3.63) is 29.8 Å². The number of hydrogen-bond acceptors (Lipinski definition) is 3. The lowest BCUT2D eigenvalue weighted by Gasteiger charge is -2.12. The van der Waals surface area contributed by atoms with Gasteiger partial charge in [-0.3, -0.25) is 4.79 Å². The van der Waals surface area contributed by atoms with E-state index in [4.69, 9.17) is 0 Å². The van der Waals surface area contributed by atoms with Crippen LogP contribution in [0.3, 0.4) is 0 Å². The van der Waals surface area contributed by atoms with Gasteiger partial charge in [-0.15, -0.1) is 0 Å². The molecule has 1 aromatic carbocycles. The molecule has 18 heavy (non-hydrogen) atoms. The van der Waals surface area contributed by atoms with Gasteiger partial charge in [-0.05, 0) is 31.9 Å². The molecule has 4 heteroatoms. The SMILES string of the molecule is CCNc1ccccc1C(=O)NCCC(O)CC. The quantitative estimate of drug-likeness (QED) is 0.693. The molecule has 1 aromatic rings. The molecule has 3 N–H and O–H groups in total. The number of amides is 1. The van der Waals surface area contributed by atoms with Gasteiger partial charge in [0.05, 0.1) is 11.7 Å². The minimum absolute atomic E-state index is 0.102. The molecule has 0 aliphatic heterocycles. The molecular weight excluding hydrogens is 228 g/mol. The van der Waals surface area contributed by atoms with Crippen molar-refractivity contribution in [2.24, 2.45) is 0 Å². The standard InChI is InChI=1S/C14H22N2O2/c1-3-11(17)9-10-16-14(18)12-7-5-6-8-13(12)15-4-2/h5-8,11,15,17H,3-4,9-10H2,1-2H3,(H,16,18). The largest absolute Gasteiger partial charge is 0.393 e. The summed E-state index contributed by atoms with van der Waals surface area (Å²) >= 11 is 0. The van der Waals surface area contributed by atoms with Crippen molar-refractivity contribution >= 4 is 11.6 Å². The van der Waals surface area contributed by atoms with E-state index in [0.29, 0.717) is 24.9 Å². The monoisotopic (exact) mass is 250 g/mol. The van der Waals surface area contributed by atoms with Crippen LogP contribution in [0.5, 0.6) is 0 Å². The second-order valence-corrected chi connectivity index (χ2v) is 4.18. The summed E-state index contributed by atoms with van der Waals surface area (Å²) in [6, 6.07) is 7.43. The fraction of sp³-hybridized carbons (Fsp3) is 0.500. The first kappa shape index (κ1) is 14.5. The molecule has 0 radical (unpaired) electrons. The van der Waals surface area contributed by atoms with Crippen molar-refractivity contribution in [1.82, 2.24) is 5.32 Å². The summed E-state index contributed by atoms with van der Waals surface area (Å²) < 4.78 is 0. The Labute approximate surface area is 108 Å². The molecule has 0 heterocycles. The normalized spacial score (nSPS) is 11.9. The maximum atomic E-state index is 12.0.